The first-order chi connectivity index (χ1) is 22.2. The van der Waals surface area contributed by atoms with Crippen molar-refractivity contribution in [2.75, 3.05) is 19.6 Å². The summed E-state index contributed by atoms with van der Waals surface area (Å²) in [5.41, 5.74) is 6.27. The average Bonchev–Trinajstić information content (AvgIpc) is 3.55. The number of carboxylic acids is 1. The number of halogens is 1. The van der Waals surface area contributed by atoms with Gasteiger partial charge in [0.2, 0.25) is 23.6 Å². The summed E-state index contributed by atoms with van der Waals surface area (Å²) in [5, 5.41) is 46.7. The summed E-state index contributed by atoms with van der Waals surface area (Å²) in [7, 11) is 0. The van der Waals surface area contributed by atoms with Crippen molar-refractivity contribution >= 4 is 42.0 Å². The number of aliphatic carboxylic acids is 1. The van der Waals surface area contributed by atoms with Gasteiger partial charge in [-0.15, -0.1) is 12.4 Å². The van der Waals surface area contributed by atoms with Crippen LogP contribution in [0.4, 0.5) is 0 Å². The van der Waals surface area contributed by atoms with Crippen LogP contribution in [0, 0.1) is 0 Å². The number of fused-ring (bicyclic) bond motifs is 1. The number of hydrogen-bond acceptors (Lipinski definition) is 10. The van der Waals surface area contributed by atoms with Crippen molar-refractivity contribution in [3.8, 4) is 11.5 Å². The molecule has 15 nitrogen and oxygen atoms in total. The summed E-state index contributed by atoms with van der Waals surface area (Å²) < 4.78 is 0. The molecule has 1 aromatic carbocycles. The number of hydrogen-bond donors (Lipinski definition) is 10. The molecule has 16 heteroatoms. The van der Waals surface area contributed by atoms with Crippen LogP contribution in [-0.4, -0.2) is 94.8 Å². The van der Waals surface area contributed by atoms with Crippen LogP contribution in [0.3, 0.4) is 0 Å². The Hall–Kier alpha value is -3.66. The quantitative estimate of drug-likeness (QED) is 0.0767. The molecular weight excluding hydrogens is 646 g/mol. The summed E-state index contributed by atoms with van der Waals surface area (Å²) in [4.78, 5) is 63.3. The van der Waals surface area contributed by atoms with Gasteiger partial charge in [-0.3, -0.25) is 24.5 Å². The minimum absolute atomic E-state index is 0. The lowest BCUT2D eigenvalue weighted by atomic mass is 9.81. The molecule has 1 saturated heterocycles. The largest absolute Gasteiger partial charge is 0.504 e. The highest BCUT2D eigenvalue weighted by molar-refractivity contribution is 5.93. The molecule has 0 bridgehead atoms. The average molecular weight is 698 g/mol. The van der Waals surface area contributed by atoms with Gasteiger partial charge in [-0.2, -0.15) is 0 Å². The maximum Gasteiger partial charge on any atom is 0.326 e. The van der Waals surface area contributed by atoms with E-state index in [1.54, 1.807) is 6.92 Å². The Bertz CT molecular complexity index is 1290. The topological polar surface area (TPSA) is 244 Å². The SMILES string of the molecule is C[C@H](NC(=O)[C@@H]1CCCN1)C(=O)N[C@@H](CCCCN)C(=O)NCCCC[C@H](NC(=O)[C@@H]1Cc2cc(O)c(O)cc2C(C)(C)N1)C(=O)O.Cl. The van der Waals surface area contributed by atoms with E-state index < -0.39 is 47.5 Å². The number of rotatable bonds is 17. The van der Waals surface area contributed by atoms with Crippen LogP contribution < -0.4 is 37.6 Å². The second-order valence-corrected chi connectivity index (χ2v) is 12.9. The molecule has 4 amide bonds. The van der Waals surface area contributed by atoms with Gasteiger partial charge < -0.3 is 47.6 Å². The van der Waals surface area contributed by atoms with Crippen molar-refractivity contribution in [2.24, 2.45) is 5.73 Å². The molecule has 2 aliphatic rings. The summed E-state index contributed by atoms with van der Waals surface area (Å²) in [6.07, 6.45) is 4.39. The highest BCUT2D eigenvalue weighted by Gasteiger charge is 2.37. The molecule has 2 aliphatic heterocycles. The predicted molar refractivity (Wildman–Crippen MR) is 181 cm³/mol. The molecule has 0 aliphatic carbocycles. The summed E-state index contributed by atoms with van der Waals surface area (Å²) in [6, 6.07) is -1.03. The molecule has 270 valence electrons. The van der Waals surface area contributed by atoms with Gasteiger partial charge in [-0.05, 0) is 115 Å². The zero-order valence-corrected chi connectivity index (χ0v) is 28.7. The van der Waals surface area contributed by atoms with Gasteiger partial charge >= 0.3 is 5.97 Å². The van der Waals surface area contributed by atoms with E-state index in [9.17, 15) is 39.3 Å². The maximum absolute atomic E-state index is 13.1. The van der Waals surface area contributed by atoms with Gasteiger partial charge in [0.1, 0.15) is 18.1 Å². The number of amides is 4. The van der Waals surface area contributed by atoms with Crippen molar-refractivity contribution in [2.45, 2.75) is 114 Å². The third kappa shape index (κ3) is 11.5. The third-order valence-corrected chi connectivity index (χ3v) is 8.69. The second-order valence-electron chi connectivity index (χ2n) is 12.9. The highest BCUT2D eigenvalue weighted by Crippen LogP contribution is 2.37. The Balaban J connectivity index is 0.00000800. The van der Waals surface area contributed by atoms with Crippen LogP contribution in [0.1, 0.15) is 83.3 Å². The standard InChI is InChI=1S/C32H51N7O8.ClH/c1-18(36-29(44)21-11-8-14-34-21)27(42)37-22(9-4-6-12-33)28(43)35-13-7-5-10-23(31(46)47)38-30(45)24-15-19-16-25(40)26(41)17-20(19)32(2,3)39-24;/h16-18,21-24,34,39-41H,4-15,33H2,1-3H3,(H,35,43)(H,36,44)(H,37,42)(H,38,45)(H,46,47);1H/t18-,21-,22-,23-,24-;/m0./s1. The van der Waals surface area contributed by atoms with E-state index in [2.05, 4.69) is 31.9 Å². The van der Waals surface area contributed by atoms with Crippen molar-refractivity contribution < 1.29 is 39.3 Å². The van der Waals surface area contributed by atoms with E-state index in [-0.39, 0.29) is 61.1 Å². The van der Waals surface area contributed by atoms with Gasteiger partial charge in [0.05, 0.1) is 12.1 Å². The molecular formula is C32H52ClN7O8. The van der Waals surface area contributed by atoms with E-state index in [0.717, 1.165) is 18.5 Å². The van der Waals surface area contributed by atoms with Gasteiger partial charge in [0, 0.05) is 12.1 Å². The number of phenols is 2. The van der Waals surface area contributed by atoms with Crippen molar-refractivity contribution in [3.63, 3.8) is 0 Å². The van der Waals surface area contributed by atoms with Crippen LogP contribution in [0.2, 0.25) is 0 Å². The van der Waals surface area contributed by atoms with Crippen molar-refractivity contribution in [1.29, 1.82) is 0 Å². The van der Waals surface area contributed by atoms with E-state index in [4.69, 9.17) is 5.73 Å². The normalized spacial score (nSPS) is 19.8. The molecule has 0 saturated carbocycles. The number of carboxylic acid groups (broad SMARTS) is 1. The van der Waals surface area contributed by atoms with E-state index in [0.29, 0.717) is 50.6 Å². The minimum atomic E-state index is -1.19. The molecule has 11 N–H and O–H groups in total. The smallest absolute Gasteiger partial charge is 0.326 e. The summed E-state index contributed by atoms with van der Waals surface area (Å²) in [5.74, 6) is -3.36. The Kier molecular flexibility index (Phi) is 15.8. The number of unbranched alkanes of at least 4 members (excludes halogenated alkanes) is 2. The molecule has 0 aromatic heterocycles. The van der Waals surface area contributed by atoms with E-state index >= 15 is 0 Å². The lowest BCUT2D eigenvalue weighted by Gasteiger charge is -2.39. The van der Waals surface area contributed by atoms with Crippen LogP contribution in [-0.2, 0) is 35.9 Å². The van der Waals surface area contributed by atoms with Gasteiger partial charge in [0.25, 0.3) is 0 Å². The molecule has 0 spiro atoms. The molecule has 5 atom stereocenters. The Morgan fingerprint density at radius 3 is 2.21 bits per heavy atom. The summed E-state index contributed by atoms with van der Waals surface area (Å²) in [6.45, 7) is 6.64. The molecule has 1 aromatic rings. The number of phenolic OH excluding ortho intramolecular Hbond substituents is 2. The maximum atomic E-state index is 13.1. The van der Waals surface area contributed by atoms with Crippen molar-refractivity contribution in [3.05, 3.63) is 23.3 Å². The van der Waals surface area contributed by atoms with Crippen LogP contribution >= 0.6 is 12.4 Å². The first-order valence-corrected chi connectivity index (χ1v) is 16.4. The Morgan fingerprint density at radius 2 is 1.56 bits per heavy atom. The predicted octanol–water partition coefficient (Wildman–Crippen LogP) is -0.00460. The van der Waals surface area contributed by atoms with E-state index in [1.165, 1.54) is 12.1 Å². The number of carbonyl (C=O) groups is 5. The first-order valence-electron chi connectivity index (χ1n) is 16.4. The highest BCUT2D eigenvalue weighted by atomic mass is 35.5. The van der Waals surface area contributed by atoms with Crippen molar-refractivity contribution in [1.82, 2.24) is 31.9 Å². The number of nitrogens with two attached hydrogens (primary N) is 1. The second kappa shape index (κ2) is 18.8. The Morgan fingerprint density at radius 1 is 0.917 bits per heavy atom. The zero-order chi connectivity index (χ0) is 34.7. The van der Waals surface area contributed by atoms with Gasteiger partial charge in [-0.1, -0.05) is 0 Å². The van der Waals surface area contributed by atoms with Crippen LogP contribution in [0.5, 0.6) is 11.5 Å². The van der Waals surface area contributed by atoms with Crippen LogP contribution in [0.15, 0.2) is 12.1 Å². The monoisotopic (exact) mass is 697 g/mol. The minimum Gasteiger partial charge on any atom is -0.504 e. The number of nitrogens with one attached hydrogen (secondary N) is 6. The number of benzene rings is 1. The molecule has 0 radical (unpaired) electrons. The lowest BCUT2D eigenvalue weighted by molar-refractivity contribution is -0.142. The summed E-state index contributed by atoms with van der Waals surface area (Å²) >= 11 is 0. The van der Waals surface area contributed by atoms with E-state index in [1.807, 2.05) is 13.8 Å². The number of aromatic hydroxyl groups is 2. The van der Waals surface area contributed by atoms with Gasteiger partial charge in [-0.25, -0.2) is 4.79 Å². The van der Waals surface area contributed by atoms with Crippen LogP contribution in [0.25, 0.3) is 0 Å². The fraction of sp³-hybridized carbons (Fsp3) is 0.656. The Labute approximate surface area is 287 Å². The van der Waals surface area contributed by atoms with Gasteiger partial charge in [0.15, 0.2) is 11.5 Å². The molecule has 3 rings (SSSR count). The third-order valence-electron chi connectivity index (χ3n) is 8.69. The fourth-order valence-corrected chi connectivity index (χ4v) is 6.00. The molecule has 1 fully saturated rings. The fourth-order valence-electron chi connectivity index (χ4n) is 6.00. The molecule has 2 heterocycles. The molecule has 48 heavy (non-hydrogen) atoms. The lowest BCUT2D eigenvalue weighted by Crippen LogP contribution is -2.57. The first kappa shape index (κ1) is 40.5. The number of carbonyl (C=O) groups excluding carboxylic acids is 4. The zero-order valence-electron chi connectivity index (χ0n) is 27.9. The molecule has 0 unspecified atom stereocenters.